The fraction of sp³-hybridized carbons (Fsp3) is 0.652. The van der Waals surface area contributed by atoms with Crippen LogP contribution in [0.3, 0.4) is 0 Å². The van der Waals surface area contributed by atoms with Gasteiger partial charge in [-0.25, -0.2) is 9.59 Å². The Bertz CT molecular complexity index is 704. The minimum absolute atomic E-state index is 0.206. The number of rotatable bonds is 8. The number of hydrogen-bond acceptors (Lipinski definition) is 6. The zero-order valence-electron chi connectivity index (χ0n) is 18.9. The van der Waals surface area contributed by atoms with Crippen LogP contribution in [0.25, 0.3) is 0 Å². The van der Waals surface area contributed by atoms with Crippen molar-refractivity contribution >= 4 is 12.1 Å². The number of unbranched alkanes of at least 4 members (excludes halogenated alkanes) is 1. The maximum atomic E-state index is 12.1. The van der Waals surface area contributed by atoms with Gasteiger partial charge in [-0.1, -0.05) is 6.42 Å². The lowest BCUT2D eigenvalue weighted by molar-refractivity contribution is 0.0180. The lowest BCUT2D eigenvalue weighted by atomic mass is 9.92. The van der Waals surface area contributed by atoms with Gasteiger partial charge in [0.15, 0.2) is 0 Å². The summed E-state index contributed by atoms with van der Waals surface area (Å²) in [5, 5.41) is 0. The lowest BCUT2D eigenvalue weighted by Gasteiger charge is -2.33. The molecule has 30 heavy (non-hydrogen) atoms. The summed E-state index contributed by atoms with van der Waals surface area (Å²) in [5.41, 5.74) is -0.0671. The van der Waals surface area contributed by atoms with Crippen molar-refractivity contribution in [3.8, 4) is 11.5 Å². The van der Waals surface area contributed by atoms with Gasteiger partial charge in [0.25, 0.3) is 0 Å². The number of piperidine rings is 1. The molecule has 0 aromatic heterocycles. The predicted molar refractivity (Wildman–Crippen MR) is 114 cm³/mol. The highest BCUT2D eigenvalue weighted by atomic mass is 16.6. The number of benzene rings is 1. The van der Waals surface area contributed by atoms with Crippen LogP contribution < -0.4 is 9.47 Å². The summed E-state index contributed by atoms with van der Waals surface area (Å²) >= 11 is 0. The SMILES string of the molecule is COC(=O)c1ccc(OCCCCC2CCN(C(=O)OC(C)(C)C)CC2)cc1OC. The average molecular weight is 422 g/mol. The van der Waals surface area contributed by atoms with Crippen LogP contribution in [0, 0.1) is 5.92 Å². The molecule has 1 saturated heterocycles. The van der Waals surface area contributed by atoms with Gasteiger partial charge in [-0.3, -0.25) is 0 Å². The summed E-state index contributed by atoms with van der Waals surface area (Å²) in [6.45, 7) is 7.82. The highest BCUT2D eigenvalue weighted by molar-refractivity contribution is 5.92. The van der Waals surface area contributed by atoms with E-state index in [2.05, 4.69) is 0 Å². The van der Waals surface area contributed by atoms with Gasteiger partial charge < -0.3 is 23.8 Å². The van der Waals surface area contributed by atoms with Crippen LogP contribution in [0.4, 0.5) is 4.79 Å². The molecule has 0 N–H and O–H groups in total. The number of likely N-dealkylation sites (tertiary alicyclic amines) is 1. The quantitative estimate of drug-likeness (QED) is 0.448. The summed E-state index contributed by atoms with van der Waals surface area (Å²) in [5.74, 6) is 1.32. The summed E-state index contributed by atoms with van der Waals surface area (Å²) in [7, 11) is 2.85. The van der Waals surface area contributed by atoms with E-state index in [0.29, 0.717) is 29.6 Å². The largest absolute Gasteiger partial charge is 0.496 e. The fourth-order valence-electron chi connectivity index (χ4n) is 3.50. The molecule has 0 aliphatic carbocycles. The van der Waals surface area contributed by atoms with E-state index < -0.39 is 11.6 Å². The molecule has 0 radical (unpaired) electrons. The van der Waals surface area contributed by atoms with Crippen LogP contribution in [-0.2, 0) is 9.47 Å². The predicted octanol–water partition coefficient (Wildman–Crippen LogP) is 4.68. The fourth-order valence-corrected chi connectivity index (χ4v) is 3.50. The van der Waals surface area contributed by atoms with Gasteiger partial charge in [-0.15, -0.1) is 0 Å². The first-order valence-electron chi connectivity index (χ1n) is 10.6. The number of ether oxygens (including phenoxy) is 4. The molecule has 7 nitrogen and oxygen atoms in total. The molecule has 0 spiro atoms. The first-order valence-corrected chi connectivity index (χ1v) is 10.6. The Kier molecular flexibility index (Phi) is 8.81. The summed E-state index contributed by atoms with van der Waals surface area (Å²) in [6.07, 6.45) is 5.00. The van der Waals surface area contributed by atoms with Crippen LogP contribution in [0.15, 0.2) is 18.2 Å². The molecule has 1 aromatic carbocycles. The average Bonchev–Trinajstić information content (AvgIpc) is 2.72. The Morgan fingerprint density at radius 3 is 2.40 bits per heavy atom. The van der Waals surface area contributed by atoms with Gasteiger partial charge in [0.2, 0.25) is 0 Å². The molecule has 168 valence electrons. The number of amides is 1. The van der Waals surface area contributed by atoms with Crippen molar-refractivity contribution in [2.75, 3.05) is 33.9 Å². The number of carbonyl (C=O) groups excluding carboxylic acids is 2. The van der Waals surface area contributed by atoms with E-state index in [1.807, 2.05) is 25.7 Å². The number of carbonyl (C=O) groups is 2. The summed E-state index contributed by atoms with van der Waals surface area (Å²) in [6, 6.07) is 5.11. The first-order chi connectivity index (χ1) is 14.2. The zero-order valence-corrected chi connectivity index (χ0v) is 18.9. The second-order valence-corrected chi connectivity index (χ2v) is 8.61. The van der Waals surface area contributed by atoms with E-state index >= 15 is 0 Å². The maximum absolute atomic E-state index is 12.1. The van der Waals surface area contributed by atoms with Crippen LogP contribution in [0.5, 0.6) is 11.5 Å². The minimum Gasteiger partial charge on any atom is -0.496 e. The lowest BCUT2D eigenvalue weighted by Crippen LogP contribution is -2.41. The van der Waals surface area contributed by atoms with Crippen molar-refractivity contribution in [2.24, 2.45) is 5.92 Å². The molecule has 1 heterocycles. The summed E-state index contributed by atoms with van der Waals surface area (Å²) in [4.78, 5) is 25.6. The molecule has 0 bridgehead atoms. The van der Waals surface area contributed by atoms with Gasteiger partial charge in [0, 0.05) is 19.2 Å². The molecule has 1 aliphatic heterocycles. The van der Waals surface area contributed by atoms with Crippen molar-refractivity contribution in [1.82, 2.24) is 4.90 Å². The van der Waals surface area contributed by atoms with E-state index in [4.69, 9.17) is 18.9 Å². The molecule has 1 aromatic rings. The minimum atomic E-state index is -0.447. The summed E-state index contributed by atoms with van der Waals surface area (Å²) < 4.78 is 21.2. The zero-order chi connectivity index (χ0) is 22.1. The third kappa shape index (κ3) is 7.43. The Labute approximate surface area is 179 Å². The Hall–Kier alpha value is -2.44. The number of hydrogen-bond donors (Lipinski definition) is 0. The van der Waals surface area contributed by atoms with Crippen molar-refractivity contribution < 1.29 is 28.5 Å². The molecule has 1 aliphatic rings. The second-order valence-electron chi connectivity index (χ2n) is 8.61. The highest BCUT2D eigenvalue weighted by Crippen LogP contribution is 2.26. The molecule has 1 amide bonds. The van der Waals surface area contributed by atoms with Gasteiger partial charge in [0.1, 0.15) is 22.7 Å². The molecule has 0 unspecified atom stereocenters. The standard InChI is InChI=1S/C23H35NO6/c1-23(2,3)30-22(26)24-13-11-17(12-14-24)8-6-7-15-29-18-9-10-19(21(25)28-5)20(16-18)27-4/h9-10,16-17H,6-8,11-15H2,1-5H3. The smallest absolute Gasteiger partial charge is 0.410 e. The third-order valence-electron chi connectivity index (χ3n) is 5.12. The number of esters is 1. The Morgan fingerprint density at radius 2 is 1.80 bits per heavy atom. The van der Waals surface area contributed by atoms with E-state index in [0.717, 1.165) is 45.2 Å². The van der Waals surface area contributed by atoms with Crippen molar-refractivity contribution in [3.05, 3.63) is 23.8 Å². The molecule has 7 heteroatoms. The van der Waals surface area contributed by atoms with Crippen LogP contribution in [0.2, 0.25) is 0 Å². The van der Waals surface area contributed by atoms with Gasteiger partial charge >= 0.3 is 12.1 Å². The van der Waals surface area contributed by atoms with E-state index in [1.165, 1.54) is 14.2 Å². The van der Waals surface area contributed by atoms with Crippen LogP contribution in [-0.4, -0.2) is 56.5 Å². The number of nitrogens with zero attached hydrogens (tertiary/aromatic N) is 1. The molecule has 1 fully saturated rings. The molecular weight excluding hydrogens is 386 g/mol. The van der Waals surface area contributed by atoms with E-state index in [9.17, 15) is 9.59 Å². The monoisotopic (exact) mass is 421 g/mol. The van der Waals surface area contributed by atoms with Crippen LogP contribution in [0.1, 0.15) is 63.2 Å². The Morgan fingerprint density at radius 1 is 1.10 bits per heavy atom. The molecule has 2 rings (SSSR count). The molecular formula is C23H35NO6. The third-order valence-corrected chi connectivity index (χ3v) is 5.12. The van der Waals surface area contributed by atoms with E-state index in [-0.39, 0.29) is 6.09 Å². The van der Waals surface area contributed by atoms with Gasteiger partial charge in [-0.2, -0.15) is 0 Å². The van der Waals surface area contributed by atoms with Crippen molar-refractivity contribution in [1.29, 1.82) is 0 Å². The Balaban J connectivity index is 1.66. The normalized spacial score (nSPS) is 14.9. The molecule has 0 atom stereocenters. The van der Waals surface area contributed by atoms with Crippen molar-refractivity contribution in [2.45, 2.75) is 58.5 Å². The highest BCUT2D eigenvalue weighted by Gasteiger charge is 2.26. The van der Waals surface area contributed by atoms with Gasteiger partial charge in [-0.05, 0) is 64.5 Å². The van der Waals surface area contributed by atoms with Crippen molar-refractivity contribution in [3.63, 3.8) is 0 Å². The first kappa shape index (κ1) is 23.8. The topological polar surface area (TPSA) is 74.3 Å². The number of methoxy groups -OCH3 is 2. The maximum Gasteiger partial charge on any atom is 0.410 e. The van der Waals surface area contributed by atoms with E-state index in [1.54, 1.807) is 18.2 Å². The molecule has 0 saturated carbocycles. The van der Waals surface area contributed by atoms with Crippen LogP contribution >= 0.6 is 0 Å². The van der Waals surface area contributed by atoms with Gasteiger partial charge in [0.05, 0.1) is 20.8 Å². The second kappa shape index (κ2) is 11.1.